The Bertz CT molecular complexity index is 593. The van der Waals surface area contributed by atoms with Crippen molar-refractivity contribution in [2.75, 3.05) is 13.1 Å². The van der Waals surface area contributed by atoms with Crippen LogP contribution in [0.4, 0.5) is 0 Å². The lowest BCUT2D eigenvalue weighted by atomic mass is 9.83. The second-order valence-corrected chi connectivity index (χ2v) is 7.77. The first-order chi connectivity index (χ1) is 15.0. The van der Waals surface area contributed by atoms with Gasteiger partial charge in [0.2, 0.25) is 0 Å². The summed E-state index contributed by atoms with van der Waals surface area (Å²) in [6.45, 7) is 24.9. The molecule has 0 bridgehead atoms. The van der Waals surface area contributed by atoms with E-state index in [1.807, 2.05) is 33.8 Å². The van der Waals surface area contributed by atoms with Gasteiger partial charge in [-0.3, -0.25) is 0 Å². The van der Waals surface area contributed by atoms with E-state index in [1.165, 1.54) is 43.4 Å². The summed E-state index contributed by atoms with van der Waals surface area (Å²) in [7, 11) is 0. The maximum absolute atomic E-state index is 5.46. The van der Waals surface area contributed by atoms with Crippen molar-refractivity contribution in [2.45, 2.75) is 87.1 Å². The Hall–Kier alpha value is -1.64. The highest BCUT2D eigenvalue weighted by Crippen LogP contribution is 2.27. The molecule has 2 rings (SSSR count). The van der Waals surface area contributed by atoms with Gasteiger partial charge in [-0.05, 0) is 61.3 Å². The minimum Gasteiger partial charge on any atom is -0.326 e. The van der Waals surface area contributed by atoms with Gasteiger partial charge < -0.3 is 11.1 Å². The Morgan fingerprint density at radius 2 is 1.68 bits per heavy atom. The van der Waals surface area contributed by atoms with Crippen LogP contribution in [0, 0.1) is 18.8 Å². The summed E-state index contributed by atoms with van der Waals surface area (Å²) in [4.78, 5) is 0. The summed E-state index contributed by atoms with van der Waals surface area (Å²) in [6.07, 6.45) is 10.3. The van der Waals surface area contributed by atoms with Crippen LogP contribution in [0.1, 0.15) is 84.8 Å². The second-order valence-electron chi connectivity index (χ2n) is 7.77. The summed E-state index contributed by atoms with van der Waals surface area (Å²) < 4.78 is 0. The van der Waals surface area contributed by atoms with Gasteiger partial charge in [-0.2, -0.15) is 0 Å². The lowest BCUT2D eigenvalue weighted by Crippen LogP contribution is -2.25. The lowest BCUT2D eigenvalue weighted by molar-refractivity contribution is 0.281. The average Bonchev–Trinajstić information content (AvgIpc) is 2.82. The number of nitrogens with two attached hydrogens (primary N) is 1. The molecule has 178 valence electrons. The Balaban J connectivity index is 0. The van der Waals surface area contributed by atoms with Crippen LogP contribution in [0.2, 0.25) is 0 Å². The van der Waals surface area contributed by atoms with Crippen LogP contribution in [-0.4, -0.2) is 13.1 Å². The molecule has 0 spiro atoms. The molecule has 0 unspecified atom stereocenters. The molecular weight excluding hydrogens is 376 g/mol. The highest BCUT2D eigenvalue weighted by atomic mass is 14.9. The lowest BCUT2D eigenvalue weighted by Gasteiger charge is -2.26. The van der Waals surface area contributed by atoms with Gasteiger partial charge in [-0.25, -0.2) is 0 Å². The van der Waals surface area contributed by atoms with Gasteiger partial charge in [0.1, 0.15) is 0 Å². The normalized spacial score (nSPS) is 17.6. The quantitative estimate of drug-likeness (QED) is 0.412. The third-order valence-corrected chi connectivity index (χ3v) is 5.56. The first kappa shape index (κ1) is 31.5. The fourth-order valence-electron chi connectivity index (χ4n) is 3.45. The number of nitrogens with one attached hydrogen (secondary N) is 1. The van der Waals surface area contributed by atoms with E-state index in [0.29, 0.717) is 6.54 Å². The molecule has 3 N–H and O–H groups in total. The highest BCUT2D eigenvalue weighted by Gasteiger charge is 2.17. The predicted molar refractivity (Wildman–Crippen MR) is 143 cm³/mol. The second kappa shape index (κ2) is 21.6. The van der Waals surface area contributed by atoms with Crippen LogP contribution in [0.25, 0.3) is 0 Å². The smallest absolute Gasteiger partial charge is 0.0208 e. The molecule has 1 aromatic carbocycles. The minimum atomic E-state index is 0.554. The Kier molecular flexibility index (Phi) is 22.0. The fourth-order valence-corrected chi connectivity index (χ4v) is 3.45. The van der Waals surface area contributed by atoms with Crippen molar-refractivity contribution in [2.24, 2.45) is 17.6 Å². The molecule has 2 heteroatoms. The first-order valence-corrected chi connectivity index (χ1v) is 12.5. The van der Waals surface area contributed by atoms with Crippen molar-refractivity contribution in [3.63, 3.8) is 0 Å². The van der Waals surface area contributed by atoms with E-state index in [1.54, 1.807) is 6.08 Å². The van der Waals surface area contributed by atoms with Gasteiger partial charge in [0, 0.05) is 13.1 Å². The first-order valence-electron chi connectivity index (χ1n) is 12.5. The van der Waals surface area contributed by atoms with E-state index in [9.17, 15) is 0 Å². The molecule has 1 aromatic rings. The molecule has 2 nitrogen and oxygen atoms in total. The van der Waals surface area contributed by atoms with Crippen LogP contribution in [0.5, 0.6) is 0 Å². The third-order valence-electron chi connectivity index (χ3n) is 5.56. The van der Waals surface area contributed by atoms with Gasteiger partial charge >= 0.3 is 0 Å². The molecule has 0 radical (unpaired) electrons. The Morgan fingerprint density at radius 1 is 1.10 bits per heavy atom. The Morgan fingerprint density at radius 3 is 2.16 bits per heavy atom. The highest BCUT2D eigenvalue weighted by molar-refractivity contribution is 5.31. The molecule has 0 aromatic heterocycles. The molecule has 0 atom stereocenters. The molecule has 1 aliphatic rings. The van der Waals surface area contributed by atoms with Gasteiger partial charge in [0.15, 0.2) is 0 Å². The van der Waals surface area contributed by atoms with Crippen LogP contribution in [0.15, 0.2) is 60.7 Å². The number of benzene rings is 1. The molecule has 0 saturated heterocycles. The van der Waals surface area contributed by atoms with E-state index < -0.39 is 0 Å². The van der Waals surface area contributed by atoms with E-state index in [-0.39, 0.29) is 0 Å². The monoisotopic (exact) mass is 428 g/mol. The van der Waals surface area contributed by atoms with Crippen molar-refractivity contribution in [1.29, 1.82) is 0 Å². The number of rotatable bonds is 8. The van der Waals surface area contributed by atoms with E-state index in [0.717, 1.165) is 35.9 Å². The van der Waals surface area contributed by atoms with Gasteiger partial charge in [0.25, 0.3) is 0 Å². The summed E-state index contributed by atoms with van der Waals surface area (Å²) in [5, 5.41) is 3.63. The summed E-state index contributed by atoms with van der Waals surface area (Å²) >= 11 is 0. The van der Waals surface area contributed by atoms with Crippen molar-refractivity contribution < 1.29 is 0 Å². The summed E-state index contributed by atoms with van der Waals surface area (Å²) in [5.74, 6) is 1.87. The van der Waals surface area contributed by atoms with Crippen molar-refractivity contribution in [3.05, 3.63) is 71.8 Å². The molecule has 0 heterocycles. The maximum Gasteiger partial charge on any atom is 0.0208 e. The fraction of sp³-hybridized carbons (Fsp3) is 0.586. The SMILES string of the molecule is C=C/C=C(/CN)C(=C)CC.CC.CC.Cc1ccccc1CNCC1CCC(C)CC1. The molecule has 31 heavy (non-hydrogen) atoms. The molecule has 0 aliphatic heterocycles. The minimum absolute atomic E-state index is 0.554. The van der Waals surface area contributed by atoms with Gasteiger partial charge in [0.05, 0.1) is 0 Å². The number of hydrogen-bond donors (Lipinski definition) is 2. The van der Waals surface area contributed by atoms with E-state index >= 15 is 0 Å². The number of allylic oxidation sites excluding steroid dienone is 2. The summed E-state index contributed by atoms with van der Waals surface area (Å²) in [5.41, 5.74) is 10.5. The largest absolute Gasteiger partial charge is 0.326 e. The zero-order valence-corrected chi connectivity index (χ0v) is 21.8. The Labute approximate surface area is 195 Å². The summed E-state index contributed by atoms with van der Waals surface area (Å²) in [6, 6.07) is 8.66. The molecule has 0 amide bonds. The van der Waals surface area contributed by atoms with E-state index in [2.05, 4.69) is 63.5 Å². The predicted octanol–water partition coefficient (Wildman–Crippen LogP) is 7.99. The topological polar surface area (TPSA) is 38.0 Å². The molecular formula is C29H52N2. The van der Waals surface area contributed by atoms with Crippen LogP contribution < -0.4 is 11.1 Å². The number of aryl methyl sites for hydroxylation is 1. The van der Waals surface area contributed by atoms with E-state index in [4.69, 9.17) is 5.73 Å². The standard InChI is InChI=1S/C16H25N.C9H15N.2C2H6/c1-13-7-9-15(10-8-13)11-17-12-16-6-4-3-5-14(16)2;1-4-6-9(7-10)8(3)5-2;2*1-2/h3-6,13,15,17H,7-12H2,1-2H3;4,6H,1,3,5,7,10H2,2H3;2*1-2H3/b;9-6-;;. The van der Waals surface area contributed by atoms with Crippen LogP contribution >= 0.6 is 0 Å². The molecule has 1 fully saturated rings. The van der Waals surface area contributed by atoms with Gasteiger partial charge in [-0.1, -0.05) is 110 Å². The molecule has 1 saturated carbocycles. The average molecular weight is 429 g/mol. The van der Waals surface area contributed by atoms with Crippen molar-refractivity contribution in [3.8, 4) is 0 Å². The molecule has 1 aliphatic carbocycles. The van der Waals surface area contributed by atoms with Crippen molar-refractivity contribution in [1.82, 2.24) is 5.32 Å². The van der Waals surface area contributed by atoms with Gasteiger partial charge in [-0.15, -0.1) is 0 Å². The third kappa shape index (κ3) is 14.9. The zero-order valence-electron chi connectivity index (χ0n) is 21.8. The van der Waals surface area contributed by atoms with Crippen LogP contribution in [0.3, 0.4) is 0 Å². The van der Waals surface area contributed by atoms with Crippen molar-refractivity contribution >= 4 is 0 Å². The number of hydrogen-bond acceptors (Lipinski definition) is 2. The van der Waals surface area contributed by atoms with Crippen LogP contribution in [-0.2, 0) is 6.54 Å². The zero-order chi connectivity index (χ0) is 24.1. The maximum atomic E-state index is 5.46.